The number of carbonyl (C=O) groups excluding carboxylic acids is 1. The molecule has 2 heterocycles. The molecule has 0 aliphatic carbocycles. The molecule has 26 heavy (non-hydrogen) atoms. The zero-order valence-electron chi connectivity index (χ0n) is 15.2. The number of aromatic nitrogens is 4. The van der Waals surface area contributed by atoms with Crippen LogP contribution in [-0.4, -0.2) is 31.8 Å². The van der Waals surface area contributed by atoms with Crippen LogP contribution in [0, 0.1) is 20.8 Å². The highest BCUT2D eigenvalue weighted by Crippen LogP contribution is 2.15. The van der Waals surface area contributed by atoms with E-state index in [0.717, 1.165) is 17.0 Å². The van der Waals surface area contributed by atoms with Gasteiger partial charge in [0, 0.05) is 5.69 Å². The second-order valence-electron chi connectivity index (χ2n) is 6.04. The quantitative estimate of drug-likeness (QED) is 0.764. The lowest BCUT2D eigenvalue weighted by molar-refractivity contribution is -0.122. The number of rotatable bonds is 5. The van der Waals surface area contributed by atoms with Crippen molar-refractivity contribution in [1.82, 2.24) is 19.7 Å². The predicted molar refractivity (Wildman–Crippen MR) is 98.5 cm³/mol. The maximum atomic E-state index is 12.3. The summed E-state index contributed by atoms with van der Waals surface area (Å²) in [7, 11) is 0. The Hall–Kier alpha value is -3.22. The van der Waals surface area contributed by atoms with Crippen molar-refractivity contribution in [3.63, 3.8) is 0 Å². The number of aryl methyl sites for hydroxylation is 1. The second kappa shape index (κ2) is 7.35. The van der Waals surface area contributed by atoms with E-state index in [1.807, 2.05) is 39.0 Å². The summed E-state index contributed by atoms with van der Waals surface area (Å²) < 4.78 is 7.30. The molecule has 0 spiro atoms. The van der Waals surface area contributed by atoms with E-state index in [0.29, 0.717) is 17.4 Å². The molecule has 1 N–H and O–H groups in total. The summed E-state index contributed by atoms with van der Waals surface area (Å²) >= 11 is 0. The Morgan fingerprint density at radius 3 is 2.35 bits per heavy atom. The van der Waals surface area contributed by atoms with Crippen LogP contribution in [0.5, 0.6) is 5.75 Å². The van der Waals surface area contributed by atoms with Crippen LogP contribution in [0.25, 0.3) is 5.95 Å². The van der Waals surface area contributed by atoms with Crippen LogP contribution in [-0.2, 0) is 4.79 Å². The number of hydrogen-bond donors (Lipinski definition) is 1. The minimum atomic E-state index is -0.643. The van der Waals surface area contributed by atoms with Crippen LogP contribution in [0.4, 0.5) is 5.69 Å². The van der Waals surface area contributed by atoms with Gasteiger partial charge >= 0.3 is 0 Å². The van der Waals surface area contributed by atoms with Gasteiger partial charge in [-0.3, -0.25) is 4.79 Å². The molecule has 7 heteroatoms. The van der Waals surface area contributed by atoms with E-state index in [-0.39, 0.29) is 5.91 Å². The fraction of sp³-hybridized carbons (Fsp3) is 0.263. The Morgan fingerprint density at radius 1 is 1.12 bits per heavy atom. The van der Waals surface area contributed by atoms with Crippen molar-refractivity contribution < 1.29 is 9.53 Å². The Bertz CT molecular complexity index is 904. The standard InChI is InChI=1S/C19H21N5O2/c1-12-13(2)23-24(14(12)3)19-20-10-16(11-21-19)22-18(25)15(4)26-17-8-6-5-7-9-17/h5-11,15H,1-4H3,(H,22,25). The summed E-state index contributed by atoms with van der Waals surface area (Å²) in [6.45, 7) is 7.62. The number of nitrogens with one attached hydrogen (secondary N) is 1. The molecule has 1 amide bonds. The third kappa shape index (κ3) is 3.72. The maximum Gasteiger partial charge on any atom is 0.265 e. The molecular formula is C19H21N5O2. The summed E-state index contributed by atoms with van der Waals surface area (Å²) in [6.07, 6.45) is 2.47. The zero-order chi connectivity index (χ0) is 18.7. The number of nitrogens with zero attached hydrogens (tertiary/aromatic N) is 4. The lowest BCUT2D eigenvalue weighted by Crippen LogP contribution is -2.30. The van der Waals surface area contributed by atoms with Crippen molar-refractivity contribution in [2.75, 3.05) is 5.32 Å². The summed E-state index contributed by atoms with van der Waals surface area (Å²) in [4.78, 5) is 20.9. The van der Waals surface area contributed by atoms with Gasteiger partial charge < -0.3 is 10.1 Å². The third-order valence-corrected chi connectivity index (χ3v) is 4.17. The van der Waals surface area contributed by atoms with Gasteiger partial charge in [0.1, 0.15) is 5.75 Å². The van der Waals surface area contributed by atoms with Gasteiger partial charge in [0.05, 0.1) is 23.8 Å². The molecule has 1 unspecified atom stereocenters. The first-order valence-corrected chi connectivity index (χ1v) is 8.33. The van der Waals surface area contributed by atoms with Gasteiger partial charge in [-0.2, -0.15) is 5.10 Å². The first-order chi connectivity index (χ1) is 12.5. The van der Waals surface area contributed by atoms with E-state index < -0.39 is 6.10 Å². The van der Waals surface area contributed by atoms with Gasteiger partial charge in [-0.1, -0.05) is 18.2 Å². The molecule has 0 fully saturated rings. The molecule has 0 bridgehead atoms. The van der Waals surface area contributed by atoms with Gasteiger partial charge in [0.15, 0.2) is 6.10 Å². The zero-order valence-corrected chi connectivity index (χ0v) is 15.2. The number of para-hydroxylation sites is 1. The average Bonchev–Trinajstić information content (AvgIpc) is 2.90. The monoisotopic (exact) mass is 351 g/mol. The van der Waals surface area contributed by atoms with E-state index in [1.54, 1.807) is 36.1 Å². The number of hydrogen-bond acceptors (Lipinski definition) is 5. The van der Waals surface area contributed by atoms with Crippen molar-refractivity contribution in [3.8, 4) is 11.7 Å². The molecule has 1 atom stereocenters. The van der Waals surface area contributed by atoms with E-state index in [9.17, 15) is 4.79 Å². The van der Waals surface area contributed by atoms with Crippen LogP contribution in [0.2, 0.25) is 0 Å². The molecule has 0 saturated heterocycles. The molecule has 0 saturated carbocycles. The van der Waals surface area contributed by atoms with E-state index in [1.165, 1.54) is 0 Å². The van der Waals surface area contributed by atoms with Gasteiger partial charge in [-0.25, -0.2) is 14.6 Å². The van der Waals surface area contributed by atoms with Crippen molar-refractivity contribution in [1.29, 1.82) is 0 Å². The summed E-state index contributed by atoms with van der Waals surface area (Å²) in [5.41, 5.74) is 3.54. The van der Waals surface area contributed by atoms with E-state index in [4.69, 9.17) is 4.74 Å². The first-order valence-electron chi connectivity index (χ1n) is 8.33. The highest BCUT2D eigenvalue weighted by atomic mass is 16.5. The van der Waals surface area contributed by atoms with Crippen LogP contribution in [0.3, 0.4) is 0 Å². The molecule has 0 radical (unpaired) electrons. The number of anilines is 1. The fourth-order valence-electron chi connectivity index (χ4n) is 2.41. The molecule has 0 aliphatic heterocycles. The number of ether oxygens (including phenoxy) is 1. The molecule has 134 valence electrons. The minimum Gasteiger partial charge on any atom is -0.481 e. The molecular weight excluding hydrogens is 330 g/mol. The SMILES string of the molecule is Cc1nn(-c2ncc(NC(=O)C(C)Oc3ccccc3)cn2)c(C)c1C. The average molecular weight is 351 g/mol. The smallest absolute Gasteiger partial charge is 0.265 e. The van der Waals surface area contributed by atoms with Gasteiger partial charge in [-0.15, -0.1) is 0 Å². The summed E-state index contributed by atoms with van der Waals surface area (Å²) in [5.74, 6) is 0.832. The van der Waals surface area contributed by atoms with Crippen LogP contribution in [0.1, 0.15) is 23.9 Å². The molecule has 3 aromatic rings. The Balaban J connectivity index is 1.67. The Kier molecular flexibility index (Phi) is 4.97. The molecule has 1 aromatic carbocycles. The molecule has 0 aliphatic rings. The van der Waals surface area contributed by atoms with Crippen LogP contribution >= 0.6 is 0 Å². The second-order valence-corrected chi connectivity index (χ2v) is 6.04. The summed E-state index contributed by atoms with van der Waals surface area (Å²) in [5, 5.41) is 7.18. The normalized spacial score (nSPS) is 11.8. The number of carbonyl (C=O) groups is 1. The number of benzene rings is 1. The Labute approximate surface area is 152 Å². The van der Waals surface area contributed by atoms with E-state index in [2.05, 4.69) is 20.4 Å². The predicted octanol–water partition coefficient (Wildman–Crippen LogP) is 2.99. The minimum absolute atomic E-state index is 0.271. The highest BCUT2D eigenvalue weighted by molar-refractivity contribution is 5.93. The van der Waals surface area contributed by atoms with Gasteiger partial charge in [0.25, 0.3) is 11.9 Å². The van der Waals surface area contributed by atoms with Crippen molar-refractivity contribution in [2.24, 2.45) is 0 Å². The van der Waals surface area contributed by atoms with Crippen molar-refractivity contribution >= 4 is 11.6 Å². The lowest BCUT2D eigenvalue weighted by Gasteiger charge is -2.14. The van der Waals surface area contributed by atoms with Crippen molar-refractivity contribution in [3.05, 3.63) is 59.7 Å². The molecule has 2 aromatic heterocycles. The largest absolute Gasteiger partial charge is 0.481 e. The third-order valence-electron chi connectivity index (χ3n) is 4.17. The van der Waals surface area contributed by atoms with Crippen LogP contribution in [0.15, 0.2) is 42.7 Å². The van der Waals surface area contributed by atoms with Crippen molar-refractivity contribution in [2.45, 2.75) is 33.8 Å². The molecule has 7 nitrogen and oxygen atoms in total. The highest BCUT2D eigenvalue weighted by Gasteiger charge is 2.16. The van der Waals surface area contributed by atoms with Gasteiger partial charge in [-0.05, 0) is 45.4 Å². The topological polar surface area (TPSA) is 81.9 Å². The number of amides is 1. The maximum absolute atomic E-state index is 12.3. The lowest BCUT2D eigenvalue weighted by atomic mass is 10.2. The van der Waals surface area contributed by atoms with Gasteiger partial charge in [0.2, 0.25) is 0 Å². The molecule has 3 rings (SSSR count). The fourth-order valence-corrected chi connectivity index (χ4v) is 2.41. The first kappa shape index (κ1) is 17.6. The van der Waals surface area contributed by atoms with Crippen LogP contribution < -0.4 is 10.1 Å². The summed E-state index contributed by atoms with van der Waals surface area (Å²) in [6, 6.07) is 9.21. The Morgan fingerprint density at radius 2 is 1.77 bits per heavy atom. The van der Waals surface area contributed by atoms with E-state index >= 15 is 0 Å².